The number of benzene rings is 3. The molecule has 0 aliphatic carbocycles. The van der Waals surface area contributed by atoms with Crippen LogP contribution in [0, 0.1) is 7.14 Å². The lowest BCUT2D eigenvalue weighted by Crippen LogP contribution is -2.40. The van der Waals surface area contributed by atoms with Gasteiger partial charge < -0.3 is 18.9 Å². The lowest BCUT2D eigenvalue weighted by atomic mass is 9.95. The quantitative estimate of drug-likeness (QED) is 0.126. The van der Waals surface area contributed by atoms with Crippen molar-refractivity contribution in [2.24, 2.45) is 4.99 Å². The summed E-state index contributed by atoms with van der Waals surface area (Å²) in [7, 11) is 1.56. The highest BCUT2D eigenvalue weighted by Crippen LogP contribution is 2.37. The van der Waals surface area contributed by atoms with Crippen molar-refractivity contribution in [3.63, 3.8) is 0 Å². The average Bonchev–Trinajstić information content (AvgIpc) is 3.29. The second kappa shape index (κ2) is 14.9. The number of ether oxygens (including phenoxy) is 4. The third kappa shape index (κ3) is 7.47. The maximum atomic E-state index is 14.1. The first-order valence-corrected chi connectivity index (χ1v) is 17.8. The smallest absolute Gasteiger partial charge is 0.338 e. The van der Waals surface area contributed by atoms with Crippen LogP contribution < -0.4 is 29.1 Å². The number of hydrogen-bond donors (Lipinski definition) is 0. The molecule has 0 N–H and O–H groups in total. The molecule has 4 aromatic rings. The number of allylic oxidation sites excluding steroid dienone is 1. The molecule has 0 spiro atoms. The molecule has 0 saturated heterocycles. The van der Waals surface area contributed by atoms with Crippen LogP contribution in [0.4, 0.5) is 0 Å². The van der Waals surface area contributed by atoms with Crippen molar-refractivity contribution in [3.05, 3.63) is 114 Å². The molecule has 240 valence electrons. The molecular weight excluding hydrogens is 854 g/mol. The van der Waals surface area contributed by atoms with E-state index in [0.717, 1.165) is 24.0 Å². The molecule has 1 atom stereocenters. The van der Waals surface area contributed by atoms with Gasteiger partial charge in [0.05, 0.1) is 48.8 Å². The Balaban J connectivity index is 1.58. The van der Waals surface area contributed by atoms with E-state index in [1.54, 1.807) is 37.7 Å². The Morgan fingerprint density at radius 1 is 1.11 bits per heavy atom. The Bertz CT molecular complexity index is 2000. The molecule has 1 aromatic heterocycles. The summed E-state index contributed by atoms with van der Waals surface area (Å²) in [6, 6.07) is 16.2. The van der Waals surface area contributed by atoms with Crippen LogP contribution in [-0.2, 0) is 16.1 Å². The van der Waals surface area contributed by atoms with E-state index in [4.69, 9.17) is 30.5 Å². The highest BCUT2D eigenvalue weighted by molar-refractivity contribution is 14.1. The Morgan fingerprint density at radius 3 is 2.50 bits per heavy atom. The van der Waals surface area contributed by atoms with Crippen molar-refractivity contribution < 1.29 is 23.7 Å². The van der Waals surface area contributed by atoms with E-state index < -0.39 is 12.0 Å². The highest BCUT2D eigenvalue weighted by Gasteiger charge is 2.34. The minimum absolute atomic E-state index is 0.0654. The van der Waals surface area contributed by atoms with Gasteiger partial charge in [0.1, 0.15) is 12.4 Å². The topological polar surface area (TPSA) is 88.4 Å². The summed E-state index contributed by atoms with van der Waals surface area (Å²) in [4.78, 5) is 32.6. The molecule has 0 radical (unpaired) electrons. The van der Waals surface area contributed by atoms with Crippen LogP contribution in [0.2, 0.25) is 5.02 Å². The highest BCUT2D eigenvalue weighted by atomic mass is 127. The van der Waals surface area contributed by atoms with Crippen LogP contribution in [0.1, 0.15) is 50.4 Å². The zero-order chi connectivity index (χ0) is 33.1. The fourth-order valence-electron chi connectivity index (χ4n) is 5.05. The van der Waals surface area contributed by atoms with Gasteiger partial charge in [-0.2, -0.15) is 0 Å². The first kappa shape index (κ1) is 34.5. The van der Waals surface area contributed by atoms with E-state index in [2.05, 4.69) is 50.2 Å². The van der Waals surface area contributed by atoms with Crippen LogP contribution in [0.15, 0.2) is 75.7 Å². The number of rotatable bonds is 10. The molecule has 0 bridgehead atoms. The zero-order valence-corrected chi connectivity index (χ0v) is 31.6. The number of methoxy groups -OCH3 is 1. The summed E-state index contributed by atoms with van der Waals surface area (Å²) in [5.41, 5.74) is 2.99. The minimum Gasteiger partial charge on any atom is -0.493 e. The summed E-state index contributed by atoms with van der Waals surface area (Å²) < 4.78 is 27.0. The first-order chi connectivity index (χ1) is 22.0. The van der Waals surface area contributed by atoms with Gasteiger partial charge in [0.2, 0.25) is 0 Å². The zero-order valence-electron chi connectivity index (χ0n) is 25.7. The molecule has 0 saturated carbocycles. The van der Waals surface area contributed by atoms with E-state index in [9.17, 15) is 9.59 Å². The van der Waals surface area contributed by atoms with Crippen LogP contribution in [-0.4, -0.2) is 30.4 Å². The van der Waals surface area contributed by atoms with E-state index in [-0.39, 0.29) is 18.3 Å². The fraction of sp³-hybridized carbons (Fsp3) is 0.265. The molecule has 0 amide bonds. The van der Waals surface area contributed by atoms with Crippen molar-refractivity contribution in [2.45, 2.75) is 46.4 Å². The molecule has 0 fully saturated rings. The summed E-state index contributed by atoms with van der Waals surface area (Å²) in [6.45, 7) is 7.93. The Labute approximate surface area is 303 Å². The minimum atomic E-state index is -0.776. The van der Waals surface area contributed by atoms with Gasteiger partial charge in [-0.1, -0.05) is 41.1 Å². The maximum absolute atomic E-state index is 14.1. The number of carbonyl (C=O) groups excluding carboxylic acids is 1. The molecule has 1 aliphatic rings. The number of aromatic nitrogens is 1. The molecule has 1 aliphatic heterocycles. The second-order valence-electron chi connectivity index (χ2n) is 10.6. The Kier molecular flexibility index (Phi) is 11.2. The van der Waals surface area contributed by atoms with Gasteiger partial charge in [0, 0.05) is 5.02 Å². The molecule has 12 heteroatoms. The van der Waals surface area contributed by atoms with E-state index in [1.807, 2.05) is 62.4 Å². The van der Waals surface area contributed by atoms with Crippen molar-refractivity contribution >= 4 is 80.2 Å². The third-order valence-corrected chi connectivity index (χ3v) is 9.79. The third-order valence-electron chi connectivity index (χ3n) is 6.97. The van der Waals surface area contributed by atoms with Gasteiger partial charge in [-0.3, -0.25) is 9.36 Å². The number of nitrogens with zero attached hydrogens (tertiary/aromatic N) is 2. The van der Waals surface area contributed by atoms with E-state index in [0.29, 0.717) is 49.3 Å². The van der Waals surface area contributed by atoms with Gasteiger partial charge >= 0.3 is 5.97 Å². The summed E-state index contributed by atoms with van der Waals surface area (Å²) in [6.07, 6.45) is 1.78. The Hall–Kier alpha value is -2.88. The van der Waals surface area contributed by atoms with Gasteiger partial charge in [0.15, 0.2) is 16.3 Å². The van der Waals surface area contributed by atoms with Crippen molar-refractivity contribution in [3.8, 4) is 17.2 Å². The SMILES string of the molecule is CCOC(=O)C1=C(C)N=c2s/c(=C/c3cc(I)c(OCc4cccc(Cl)c4)c(I)c3)c(=O)n2[C@H]1c1ccc(OC(C)C)c(OC)c1. The standard InChI is InChI=1S/C34H31ClI2N2O6S/c1-6-43-33(41)29-19(4)38-34-39(30(29)22-10-11-26(45-18(2)3)27(16-22)42-5)32(40)28(46-34)15-21-13-24(36)31(25(37)14-21)44-17-20-8-7-9-23(35)12-20/h7-16,18,30H,6,17H2,1-5H3/b28-15+/t30-/m0/s1. The maximum Gasteiger partial charge on any atom is 0.338 e. The number of halogens is 3. The molecule has 5 rings (SSSR count). The number of carbonyl (C=O) groups is 1. The fourth-order valence-corrected chi connectivity index (χ4v) is 8.43. The van der Waals surface area contributed by atoms with Gasteiger partial charge in [-0.05, 0) is 132 Å². The number of esters is 1. The summed E-state index contributed by atoms with van der Waals surface area (Å²) in [5.74, 6) is 1.29. The van der Waals surface area contributed by atoms with Crippen molar-refractivity contribution in [1.82, 2.24) is 4.57 Å². The number of fused-ring (bicyclic) bond motifs is 1. The molecule has 2 heterocycles. The van der Waals surface area contributed by atoms with Gasteiger partial charge in [-0.15, -0.1) is 0 Å². The summed E-state index contributed by atoms with van der Waals surface area (Å²) >= 11 is 11.9. The van der Waals surface area contributed by atoms with Gasteiger partial charge in [0.25, 0.3) is 5.56 Å². The normalized spacial score (nSPS) is 14.6. The van der Waals surface area contributed by atoms with E-state index in [1.165, 1.54) is 11.3 Å². The Morgan fingerprint density at radius 2 is 1.85 bits per heavy atom. The lowest BCUT2D eigenvalue weighted by molar-refractivity contribution is -0.139. The van der Waals surface area contributed by atoms with Crippen molar-refractivity contribution in [2.75, 3.05) is 13.7 Å². The largest absolute Gasteiger partial charge is 0.493 e. The molecule has 46 heavy (non-hydrogen) atoms. The van der Waals surface area contributed by atoms with Crippen LogP contribution in [0.5, 0.6) is 17.2 Å². The van der Waals surface area contributed by atoms with E-state index >= 15 is 0 Å². The number of thiazole rings is 1. The first-order valence-electron chi connectivity index (χ1n) is 14.4. The van der Waals surface area contributed by atoms with Gasteiger partial charge in [-0.25, -0.2) is 9.79 Å². The number of hydrogen-bond acceptors (Lipinski definition) is 8. The molecule has 8 nitrogen and oxygen atoms in total. The van der Waals surface area contributed by atoms with Crippen LogP contribution in [0.3, 0.4) is 0 Å². The lowest BCUT2D eigenvalue weighted by Gasteiger charge is -2.25. The molecule has 0 unspecified atom stereocenters. The van der Waals surface area contributed by atoms with Crippen LogP contribution in [0.25, 0.3) is 6.08 Å². The average molecular weight is 885 g/mol. The van der Waals surface area contributed by atoms with Crippen LogP contribution >= 0.6 is 68.1 Å². The van der Waals surface area contributed by atoms with Crippen molar-refractivity contribution in [1.29, 1.82) is 0 Å². The second-order valence-corrected chi connectivity index (χ2v) is 14.4. The predicted molar refractivity (Wildman–Crippen MR) is 197 cm³/mol. The molecule has 3 aromatic carbocycles. The summed E-state index contributed by atoms with van der Waals surface area (Å²) in [5, 5.41) is 0.658. The molecular formula is C34H31ClI2N2O6S. The monoisotopic (exact) mass is 884 g/mol. The predicted octanol–water partition coefficient (Wildman–Crippen LogP) is 7.04.